The number of nitrogens with zero attached hydrogens (tertiary/aromatic N) is 1. The van der Waals surface area contributed by atoms with Crippen LogP contribution in [0.3, 0.4) is 0 Å². The molecule has 98 valence electrons. The van der Waals surface area contributed by atoms with Crippen molar-refractivity contribution < 1.29 is 14.6 Å². The van der Waals surface area contributed by atoms with Gasteiger partial charge in [0.1, 0.15) is 11.4 Å². The highest BCUT2D eigenvalue weighted by Gasteiger charge is 2.05. The van der Waals surface area contributed by atoms with E-state index in [2.05, 4.69) is 10.3 Å². The lowest BCUT2D eigenvalue weighted by Gasteiger charge is -2.09. The number of methoxy groups -OCH3 is 1. The third-order valence-electron chi connectivity index (χ3n) is 2.42. The average Bonchev–Trinajstić information content (AvgIpc) is 2.41. The number of nitrogens with one attached hydrogen (secondary N) is 1. The lowest BCUT2D eigenvalue weighted by atomic mass is 10.2. The quantitative estimate of drug-likeness (QED) is 0.899. The highest BCUT2D eigenvalue weighted by molar-refractivity contribution is 6.32. The molecule has 0 aliphatic carbocycles. The largest absolute Gasteiger partial charge is 0.495 e. The number of ether oxygens (including phenoxy) is 1. The van der Waals surface area contributed by atoms with Gasteiger partial charge in [0.05, 0.1) is 24.0 Å². The molecule has 0 bridgehead atoms. The Morgan fingerprint density at radius 3 is 2.63 bits per heavy atom. The minimum atomic E-state index is -1.06. The van der Waals surface area contributed by atoms with Gasteiger partial charge in [-0.15, -0.1) is 0 Å². The molecule has 0 fully saturated rings. The molecule has 0 spiro atoms. The van der Waals surface area contributed by atoms with Gasteiger partial charge in [0.15, 0.2) is 0 Å². The maximum absolute atomic E-state index is 10.7. The van der Waals surface area contributed by atoms with Crippen LogP contribution in [-0.4, -0.2) is 23.2 Å². The number of aromatic carboxylic acids is 1. The van der Waals surface area contributed by atoms with E-state index in [1.807, 2.05) is 0 Å². The fraction of sp³-hybridized carbons (Fsp3) is 0.0769. The van der Waals surface area contributed by atoms with Crippen molar-refractivity contribution in [2.45, 2.75) is 0 Å². The molecular weight excluding hydrogens is 268 g/mol. The van der Waals surface area contributed by atoms with E-state index in [-0.39, 0.29) is 5.69 Å². The first-order valence-electron chi connectivity index (χ1n) is 5.40. The normalized spacial score (nSPS) is 10.0. The van der Waals surface area contributed by atoms with Crippen LogP contribution in [0.25, 0.3) is 0 Å². The highest BCUT2D eigenvalue weighted by Crippen LogP contribution is 2.28. The summed E-state index contributed by atoms with van der Waals surface area (Å²) in [7, 11) is 1.54. The van der Waals surface area contributed by atoms with Crippen molar-refractivity contribution in [1.29, 1.82) is 0 Å². The first kappa shape index (κ1) is 13.2. The minimum Gasteiger partial charge on any atom is -0.495 e. The number of benzene rings is 1. The second kappa shape index (κ2) is 5.58. The maximum atomic E-state index is 10.7. The predicted molar refractivity (Wildman–Crippen MR) is 72.5 cm³/mol. The van der Waals surface area contributed by atoms with Crippen LogP contribution >= 0.6 is 11.6 Å². The average molecular weight is 279 g/mol. The summed E-state index contributed by atoms with van der Waals surface area (Å²) in [5.41, 5.74) is 1.44. The molecule has 1 heterocycles. The summed E-state index contributed by atoms with van der Waals surface area (Å²) in [5.74, 6) is -0.499. The zero-order chi connectivity index (χ0) is 13.8. The zero-order valence-corrected chi connectivity index (χ0v) is 10.8. The van der Waals surface area contributed by atoms with E-state index in [4.69, 9.17) is 21.4 Å². The van der Waals surface area contributed by atoms with Gasteiger partial charge in [0.25, 0.3) is 0 Å². The topological polar surface area (TPSA) is 71.5 Å². The summed E-state index contributed by atoms with van der Waals surface area (Å²) in [4.78, 5) is 14.5. The molecule has 0 atom stereocenters. The fourth-order valence-corrected chi connectivity index (χ4v) is 1.69. The van der Waals surface area contributed by atoms with Gasteiger partial charge < -0.3 is 15.2 Å². The monoisotopic (exact) mass is 278 g/mol. The van der Waals surface area contributed by atoms with Crippen molar-refractivity contribution in [2.24, 2.45) is 0 Å². The summed E-state index contributed by atoms with van der Waals surface area (Å²) < 4.78 is 5.11. The number of rotatable bonds is 4. The second-order valence-electron chi connectivity index (χ2n) is 3.71. The summed E-state index contributed by atoms with van der Waals surface area (Å²) in [6.07, 6.45) is 1.45. The molecule has 1 aromatic carbocycles. The summed E-state index contributed by atoms with van der Waals surface area (Å²) >= 11 is 5.92. The Hall–Kier alpha value is -2.27. The van der Waals surface area contributed by atoms with Gasteiger partial charge in [-0.3, -0.25) is 0 Å². The first-order chi connectivity index (χ1) is 9.10. The Morgan fingerprint density at radius 2 is 2.05 bits per heavy atom. The standard InChI is InChI=1S/C13H11ClN2O3/c1-19-12-6-8(2-4-10(12)14)16-9-3-5-11(13(17)18)15-7-9/h2-7,16H,1H3,(H,17,18). The third kappa shape index (κ3) is 3.14. The summed E-state index contributed by atoms with van der Waals surface area (Å²) in [6.45, 7) is 0. The van der Waals surface area contributed by atoms with Gasteiger partial charge in [0.2, 0.25) is 0 Å². The molecule has 5 nitrogen and oxygen atoms in total. The van der Waals surface area contributed by atoms with E-state index in [1.165, 1.54) is 19.4 Å². The first-order valence-corrected chi connectivity index (χ1v) is 5.78. The Morgan fingerprint density at radius 1 is 1.32 bits per heavy atom. The second-order valence-corrected chi connectivity index (χ2v) is 4.12. The van der Waals surface area contributed by atoms with E-state index in [9.17, 15) is 4.79 Å². The molecule has 0 amide bonds. The number of halogens is 1. The number of pyridine rings is 1. The van der Waals surface area contributed by atoms with E-state index >= 15 is 0 Å². The number of hydrogen-bond acceptors (Lipinski definition) is 4. The molecule has 6 heteroatoms. The van der Waals surface area contributed by atoms with Crippen LogP contribution in [0.5, 0.6) is 5.75 Å². The maximum Gasteiger partial charge on any atom is 0.354 e. The van der Waals surface area contributed by atoms with Gasteiger partial charge in [0, 0.05) is 11.8 Å². The Labute approximate surface area is 114 Å². The lowest BCUT2D eigenvalue weighted by molar-refractivity contribution is 0.0690. The highest BCUT2D eigenvalue weighted by atomic mass is 35.5. The number of carboxylic acids is 1. The fourth-order valence-electron chi connectivity index (χ4n) is 1.50. The van der Waals surface area contributed by atoms with E-state index in [1.54, 1.807) is 24.3 Å². The van der Waals surface area contributed by atoms with Gasteiger partial charge in [-0.1, -0.05) is 11.6 Å². The van der Waals surface area contributed by atoms with E-state index in [0.717, 1.165) is 5.69 Å². The lowest BCUT2D eigenvalue weighted by Crippen LogP contribution is -2.00. The molecular formula is C13H11ClN2O3. The van der Waals surface area contributed by atoms with Crippen LogP contribution in [0.4, 0.5) is 11.4 Å². The van der Waals surface area contributed by atoms with Crippen molar-refractivity contribution in [3.63, 3.8) is 0 Å². The number of carboxylic acid groups (broad SMARTS) is 1. The Kier molecular flexibility index (Phi) is 3.87. The van der Waals surface area contributed by atoms with E-state index in [0.29, 0.717) is 16.5 Å². The van der Waals surface area contributed by atoms with Crippen LogP contribution in [0.2, 0.25) is 5.02 Å². The molecule has 2 N–H and O–H groups in total. The Bertz CT molecular complexity index is 599. The molecule has 19 heavy (non-hydrogen) atoms. The van der Waals surface area contributed by atoms with Crippen LogP contribution < -0.4 is 10.1 Å². The molecule has 0 aliphatic rings. The van der Waals surface area contributed by atoms with Gasteiger partial charge >= 0.3 is 5.97 Å². The number of aromatic nitrogens is 1. The predicted octanol–water partition coefficient (Wildman–Crippen LogP) is 3.19. The molecule has 2 rings (SSSR count). The molecule has 0 radical (unpaired) electrons. The summed E-state index contributed by atoms with van der Waals surface area (Å²) in [5, 5.41) is 12.3. The number of carbonyl (C=O) groups is 1. The van der Waals surface area contributed by atoms with Crippen LogP contribution in [-0.2, 0) is 0 Å². The van der Waals surface area contributed by atoms with Crippen molar-refractivity contribution >= 4 is 28.9 Å². The van der Waals surface area contributed by atoms with Crippen LogP contribution in [0.15, 0.2) is 36.5 Å². The van der Waals surface area contributed by atoms with Crippen molar-refractivity contribution in [3.05, 3.63) is 47.2 Å². The third-order valence-corrected chi connectivity index (χ3v) is 2.73. The van der Waals surface area contributed by atoms with Crippen molar-refractivity contribution in [3.8, 4) is 5.75 Å². The van der Waals surface area contributed by atoms with Gasteiger partial charge in [-0.25, -0.2) is 9.78 Å². The molecule has 0 aliphatic heterocycles. The minimum absolute atomic E-state index is 0.000707. The van der Waals surface area contributed by atoms with Crippen molar-refractivity contribution in [1.82, 2.24) is 4.98 Å². The number of anilines is 2. The molecule has 0 saturated carbocycles. The number of hydrogen-bond donors (Lipinski definition) is 2. The van der Waals surface area contributed by atoms with Crippen LogP contribution in [0.1, 0.15) is 10.5 Å². The SMILES string of the molecule is COc1cc(Nc2ccc(C(=O)O)nc2)ccc1Cl. The van der Waals surface area contributed by atoms with Gasteiger partial charge in [-0.2, -0.15) is 0 Å². The summed E-state index contributed by atoms with van der Waals surface area (Å²) in [6, 6.07) is 8.31. The Balaban J connectivity index is 2.19. The smallest absolute Gasteiger partial charge is 0.354 e. The van der Waals surface area contributed by atoms with Crippen LogP contribution in [0, 0.1) is 0 Å². The zero-order valence-electron chi connectivity index (χ0n) is 10.1. The molecule has 1 aromatic heterocycles. The van der Waals surface area contributed by atoms with Gasteiger partial charge in [-0.05, 0) is 24.3 Å². The molecule has 0 saturated heterocycles. The molecule has 0 unspecified atom stereocenters. The molecule has 2 aromatic rings. The van der Waals surface area contributed by atoms with Crippen molar-refractivity contribution in [2.75, 3.05) is 12.4 Å². The van der Waals surface area contributed by atoms with E-state index < -0.39 is 5.97 Å².